The molecule has 1 amide bonds. The number of hydrogen-bond donors (Lipinski definition) is 0. The Morgan fingerprint density at radius 1 is 1.19 bits per heavy atom. The van der Waals surface area contributed by atoms with E-state index in [1.807, 2.05) is 36.4 Å². The highest BCUT2D eigenvalue weighted by Gasteiger charge is 2.35. The van der Waals surface area contributed by atoms with Crippen molar-refractivity contribution >= 4 is 11.9 Å². The van der Waals surface area contributed by atoms with Crippen LogP contribution in [0.15, 0.2) is 42.6 Å². The van der Waals surface area contributed by atoms with Gasteiger partial charge < -0.3 is 19.1 Å². The number of para-hydroxylation sites is 1. The number of aromatic nitrogens is 2. The van der Waals surface area contributed by atoms with Gasteiger partial charge in [-0.25, -0.2) is 4.68 Å². The molecule has 0 N–H and O–H groups in total. The van der Waals surface area contributed by atoms with Gasteiger partial charge in [-0.3, -0.25) is 9.59 Å². The largest absolute Gasteiger partial charge is 0.452 e. The molecule has 8 nitrogen and oxygen atoms in total. The number of rotatable bonds is 6. The van der Waals surface area contributed by atoms with Gasteiger partial charge in [0.15, 0.2) is 12.4 Å². The standard InChI is InChI=1S/C19H21N3O5/c23-17-7-6-16(27-17)19(24)21(13-18-25-10-11-26-18)12-15-8-9-20-22(15)14-4-2-1-3-5-14/h1-5,8-9,16,18H,6-7,10-13H2/t16-/m0/s1. The van der Waals surface area contributed by atoms with E-state index in [2.05, 4.69) is 5.10 Å². The molecule has 142 valence electrons. The molecule has 2 aliphatic rings. The number of cyclic esters (lactones) is 1. The molecule has 8 heteroatoms. The van der Waals surface area contributed by atoms with Crippen molar-refractivity contribution < 1.29 is 23.8 Å². The summed E-state index contributed by atoms with van der Waals surface area (Å²) in [6.07, 6.45) is 1.15. The molecular weight excluding hydrogens is 350 g/mol. The highest BCUT2D eigenvalue weighted by atomic mass is 16.7. The van der Waals surface area contributed by atoms with Gasteiger partial charge in [-0.2, -0.15) is 5.10 Å². The van der Waals surface area contributed by atoms with Gasteiger partial charge in [0.25, 0.3) is 5.91 Å². The van der Waals surface area contributed by atoms with Crippen LogP contribution in [0.2, 0.25) is 0 Å². The van der Waals surface area contributed by atoms with Crippen LogP contribution in [0.5, 0.6) is 0 Å². The fourth-order valence-electron chi connectivity index (χ4n) is 3.28. The maximum Gasteiger partial charge on any atom is 0.306 e. The first-order chi connectivity index (χ1) is 13.2. The molecule has 1 aromatic carbocycles. The van der Waals surface area contributed by atoms with Crippen molar-refractivity contribution in [1.29, 1.82) is 0 Å². The quantitative estimate of drug-likeness (QED) is 0.712. The first-order valence-electron chi connectivity index (χ1n) is 9.00. The fraction of sp³-hybridized carbons (Fsp3) is 0.421. The number of amides is 1. The summed E-state index contributed by atoms with van der Waals surface area (Å²) in [4.78, 5) is 26.0. The van der Waals surface area contributed by atoms with Gasteiger partial charge in [0, 0.05) is 19.0 Å². The number of esters is 1. The molecule has 0 radical (unpaired) electrons. The lowest BCUT2D eigenvalue weighted by molar-refractivity contribution is -0.156. The summed E-state index contributed by atoms with van der Waals surface area (Å²) in [7, 11) is 0. The van der Waals surface area contributed by atoms with Crippen LogP contribution in [0.4, 0.5) is 0 Å². The smallest absolute Gasteiger partial charge is 0.306 e. The summed E-state index contributed by atoms with van der Waals surface area (Å²) in [5.41, 5.74) is 1.75. The van der Waals surface area contributed by atoms with Crippen molar-refractivity contribution in [1.82, 2.24) is 14.7 Å². The predicted molar refractivity (Wildman–Crippen MR) is 93.8 cm³/mol. The topological polar surface area (TPSA) is 82.9 Å². The van der Waals surface area contributed by atoms with E-state index < -0.39 is 12.4 Å². The van der Waals surface area contributed by atoms with Crippen molar-refractivity contribution in [3.63, 3.8) is 0 Å². The number of ether oxygens (including phenoxy) is 3. The predicted octanol–water partition coefficient (Wildman–Crippen LogP) is 1.28. The molecule has 3 heterocycles. The summed E-state index contributed by atoms with van der Waals surface area (Å²) in [6.45, 7) is 1.60. The molecule has 4 rings (SSSR count). The Labute approximate surface area is 156 Å². The molecule has 0 aliphatic carbocycles. The molecular formula is C19H21N3O5. The Balaban J connectivity index is 1.55. The second-order valence-electron chi connectivity index (χ2n) is 6.48. The number of carbonyl (C=O) groups excluding carboxylic acids is 2. The lowest BCUT2D eigenvalue weighted by Gasteiger charge is -2.27. The van der Waals surface area contributed by atoms with Gasteiger partial charge in [-0.1, -0.05) is 18.2 Å². The van der Waals surface area contributed by atoms with Crippen molar-refractivity contribution in [3.05, 3.63) is 48.3 Å². The van der Waals surface area contributed by atoms with Gasteiger partial charge >= 0.3 is 5.97 Å². The Kier molecular flexibility index (Phi) is 5.17. The van der Waals surface area contributed by atoms with Crippen LogP contribution >= 0.6 is 0 Å². The zero-order chi connectivity index (χ0) is 18.6. The minimum atomic E-state index is -0.744. The average molecular weight is 371 g/mol. The number of hydrogen-bond acceptors (Lipinski definition) is 6. The molecule has 2 saturated heterocycles. The maximum absolute atomic E-state index is 13.0. The van der Waals surface area contributed by atoms with E-state index >= 15 is 0 Å². The molecule has 0 bridgehead atoms. The third kappa shape index (κ3) is 4.01. The summed E-state index contributed by atoms with van der Waals surface area (Å²) >= 11 is 0. The van der Waals surface area contributed by atoms with Crippen LogP contribution in [0, 0.1) is 0 Å². The molecule has 0 saturated carbocycles. The summed E-state index contributed by atoms with van der Waals surface area (Å²) in [5, 5.41) is 4.37. The number of carbonyl (C=O) groups is 2. The maximum atomic E-state index is 13.0. The lowest BCUT2D eigenvalue weighted by atomic mass is 10.2. The molecule has 0 spiro atoms. The molecule has 2 aliphatic heterocycles. The van der Waals surface area contributed by atoms with E-state index in [9.17, 15) is 9.59 Å². The molecule has 2 fully saturated rings. The van der Waals surface area contributed by atoms with Gasteiger partial charge in [-0.05, 0) is 18.2 Å². The van der Waals surface area contributed by atoms with Gasteiger partial charge in [0.05, 0.1) is 37.7 Å². The van der Waals surface area contributed by atoms with Crippen LogP contribution in [-0.2, 0) is 30.3 Å². The van der Waals surface area contributed by atoms with Crippen LogP contribution in [-0.4, -0.2) is 58.7 Å². The SMILES string of the molecule is O=C1CC[C@@H](C(=O)N(Cc2ccnn2-c2ccccc2)CC2OCCO2)O1. The van der Waals surface area contributed by atoms with E-state index in [0.717, 1.165) is 11.4 Å². The summed E-state index contributed by atoms with van der Waals surface area (Å²) < 4.78 is 18.0. The van der Waals surface area contributed by atoms with Crippen molar-refractivity contribution in [2.45, 2.75) is 31.8 Å². The fourth-order valence-corrected chi connectivity index (χ4v) is 3.28. The minimum absolute atomic E-state index is 0.235. The van der Waals surface area contributed by atoms with Gasteiger partial charge in [0.1, 0.15) is 0 Å². The highest BCUT2D eigenvalue weighted by Crippen LogP contribution is 2.20. The molecule has 0 unspecified atom stereocenters. The van der Waals surface area contributed by atoms with Crippen molar-refractivity contribution in [2.75, 3.05) is 19.8 Å². The first kappa shape index (κ1) is 17.7. The van der Waals surface area contributed by atoms with Crippen molar-refractivity contribution in [2.24, 2.45) is 0 Å². The van der Waals surface area contributed by atoms with Crippen LogP contribution in [0.3, 0.4) is 0 Å². The van der Waals surface area contributed by atoms with E-state index in [-0.39, 0.29) is 24.8 Å². The summed E-state index contributed by atoms with van der Waals surface area (Å²) in [5.74, 6) is -0.572. The van der Waals surface area contributed by atoms with Gasteiger partial charge in [-0.15, -0.1) is 0 Å². The zero-order valence-corrected chi connectivity index (χ0v) is 14.8. The van der Waals surface area contributed by atoms with E-state index in [4.69, 9.17) is 14.2 Å². The Hall–Kier alpha value is -2.71. The molecule has 27 heavy (non-hydrogen) atoms. The Bertz CT molecular complexity index is 801. The summed E-state index contributed by atoms with van der Waals surface area (Å²) in [6, 6.07) is 11.6. The van der Waals surface area contributed by atoms with E-state index in [1.165, 1.54) is 0 Å². The Morgan fingerprint density at radius 2 is 1.96 bits per heavy atom. The van der Waals surface area contributed by atoms with E-state index in [0.29, 0.717) is 26.2 Å². The third-order valence-corrected chi connectivity index (χ3v) is 4.61. The van der Waals surface area contributed by atoms with Crippen molar-refractivity contribution in [3.8, 4) is 5.69 Å². The monoisotopic (exact) mass is 371 g/mol. The van der Waals surface area contributed by atoms with Gasteiger partial charge in [0.2, 0.25) is 0 Å². The molecule has 1 aromatic heterocycles. The van der Waals surface area contributed by atoms with Crippen LogP contribution in [0.1, 0.15) is 18.5 Å². The normalized spacial score (nSPS) is 20.0. The highest BCUT2D eigenvalue weighted by molar-refractivity contribution is 5.86. The molecule has 1 atom stereocenters. The zero-order valence-electron chi connectivity index (χ0n) is 14.8. The number of benzene rings is 1. The average Bonchev–Trinajstić information content (AvgIpc) is 3.43. The second-order valence-corrected chi connectivity index (χ2v) is 6.48. The minimum Gasteiger partial charge on any atom is -0.452 e. The lowest BCUT2D eigenvalue weighted by Crippen LogP contribution is -2.43. The van der Waals surface area contributed by atoms with Crippen LogP contribution in [0.25, 0.3) is 5.69 Å². The molecule has 2 aromatic rings. The van der Waals surface area contributed by atoms with Crippen LogP contribution < -0.4 is 0 Å². The third-order valence-electron chi connectivity index (χ3n) is 4.61. The second kappa shape index (κ2) is 7.89. The van der Waals surface area contributed by atoms with E-state index in [1.54, 1.807) is 15.8 Å². The first-order valence-corrected chi connectivity index (χ1v) is 9.00. The Morgan fingerprint density at radius 3 is 2.67 bits per heavy atom. The number of nitrogens with zero attached hydrogens (tertiary/aromatic N) is 3.